The van der Waals surface area contributed by atoms with Gasteiger partial charge < -0.3 is 15.2 Å². The number of aromatic nitrogens is 4. The van der Waals surface area contributed by atoms with Crippen LogP contribution in [-0.4, -0.2) is 39.6 Å². The van der Waals surface area contributed by atoms with Crippen LogP contribution in [0.3, 0.4) is 0 Å². The molecule has 0 spiro atoms. The Morgan fingerprint density at radius 1 is 1.47 bits per heavy atom. The van der Waals surface area contributed by atoms with Gasteiger partial charge in [-0.05, 0) is 19.8 Å². The average Bonchev–Trinajstić information content (AvgIpc) is 2.95. The molecule has 2 aromatic rings. The van der Waals surface area contributed by atoms with E-state index in [0.717, 1.165) is 23.5 Å². The maximum Gasteiger partial charge on any atom is 0.226 e. The van der Waals surface area contributed by atoms with E-state index in [9.17, 15) is 0 Å². The molecule has 1 aliphatic rings. The van der Waals surface area contributed by atoms with Crippen molar-refractivity contribution in [1.82, 2.24) is 19.9 Å². The lowest BCUT2D eigenvalue weighted by atomic mass is 10.2. The summed E-state index contributed by atoms with van der Waals surface area (Å²) < 4.78 is 0. The number of nitrogens with zero attached hydrogens (tertiary/aromatic N) is 4. The van der Waals surface area contributed by atoms with Gasteiger partial charge in [-0.15, -0.1) is 0 Å². The van der Waals surface area contributed by atoms with Crippen molar-refractivity contribution >= 4 is 22.9 Å². The van der Waals surface area contributed by atoms with E-state index in [2.05, 4.69) is 37.1 Å². The number of imidazole rings is 1. The van der Waals surface area contributed by atoms with Crippen LogP contribution in [0.1, 0.15) is 19.8 Å². The van der Waals surface area contributed by atoms with Crippen molar-refractivity contribution in [2.45, 2.75) is 25.8 Å². The first-order valence-electron chi connectivity index (χ1n) is 5.95. The number of H-pyrrole nitrogens is 1. The minimum atomic E-state index is 0.529. The number of hydrogen-bond acceptors (Lipinski definition) is 5. The topological polar surface area (TPSA) is 69.7 Å². The SMILES string of the molecule is CNc1nc(N2CCCC2C)c2[nH]cnc2n1. The summed E-state index contributed by atoms with van der Waals surface area (Å²) in [6, 6.07) is 0.529. The molecule has 1 fully saturated rings. The first-order valence-corrected chi connectivity index (χ1v) is 5.95. The lowest BCUT2D eigenvalue weighted by Crippen LogP contribution is -2.27. The summed E-state index contributed by atoms with van der Waals surface area (Å²) in [7, 11) is 1.82. The fourth-order valence-corrected chi connectivity index (χ4v) is 2.39. The summed E-state index contributed by atoms with van der Waals surface area (Å²) in [6.07, 6.45) is 4.10. The Labute approximate surface area is 99.5 Å². The summed E-state index contributed by atoms with van der Waals surface area (Å²) in [5.74, 6) is 1.58. The van der Waals surface area contributed by atoms with Gasteiger partial charge in [0.1, 0.15) is 5.52 Å². The molecule has 3 rings (SSSR count). The molecule has 17 heavy (non-hydrogen) atoms. The van der Waals surface area contributed by atoms with Gasteiger partial charge in [-0.25, -0.2) is 4.98 Å². The van der Waals surface area contributed by atoms with E-state index in [1.54, 1.807) is 6.33 Å². The minimum absolute atomic E-state index is 0.529. The van der Waals surface area contributed by atoms with Gasteiger partial charge in [-0.3, -0.25) is 0 Å². The second-order valence-corrected chi connectivity index (χ2v) is 4.41. The van der Waals surface area contributed by atoms with E-state index in [0.29, 0.717) is 12.0 Å². The lowest BCUT2D eigenvalue weighted by molar-refractivity contribution is 0.728. The minimum Gasteiger partial charge on any atom is -0.357 e. The molecule has 2 N–H and O–H groups in total. The zero-order valence-electron chi connectivity index (χ0n) is 10.1. The number of hydrogen-bond donors (Lipinski definition) is 2. The highest BCUT2D eigenvalue weighted by Gasteiger charge is 2.24. The van der Waals surface area contributed by atoms with Crippen molar-refractivity contribution in [2.24, 2.45) is 0 Å². The van der Waals surface area contributed by atoms with Crippen LogP contribution in [0.4, 0.5) is 11.8 Å². The molecule has 3 heterocycles. The molecule has 0 amide bonds. The number of fused-ring (bicyclic) bond motifs is 1. The van der Waals surface area contributed by atoms with E-state index in [4.69, 9.17) is 0 Å². The van der Waals surface area contributed by atoms with Gasteiger partial charge in [0.05, 0.1) is 6.33 Å². The Balaban J connectivity index is 2.15. The largest absolute Gasteiger partial charge is 0.357 e. The Morgan fingerprint density at radius 3 is 3.06 bits per heavy atom. The average molecular weight is 232 g/mol. The van der Waals surface area contributed by atoms with Crippen LogP contribution in [-0.2, 0) is 0 Å². The molecule has 0 aromatic carbocycles. The van der Waals surface area contributed by atoms with Crippen LogP contribution in [0, 0.1) is 0 Å². The molecule has 1 aliphatic heterocycles. The number of nitrogens with one attached hydrogen (secondary N) is 2. The molecule has 1 atom stereocenters. The van der Waals surface area contributed by atoms with Crippen LogP contribution in [0.15, 0.2) is 6.33 Å². The van der Waals surface area contributed by atoms with E-state index in [1.807, 2.05) is 7.05 Å². The van der Waals surface area contributed by atoms with Crippen LogP contribution >= 0.6 is 0 Å². The molecular formula is C11H16N6. The van der Waals surface area contributed by atoms with Gasteiger partial charge in [0.25, 0.3) is 0 Å². The Hall–Kier alpha value is -1.85. The first-order chi connectivity index (χ1) is 8.29. The van der Waals surface area contributed by atoms with Gasteiger partial charge in [-0.2, -0.15) is 9.97 Å². The normalized spacial score (nSPS) is 20.1. The molecule has 0 radical (unpaired) electrons. The first kappa shape index (κ1) is 10.3. The molecule has 0 aliphatic carbocycles. The Kier molecular flexibility index (Phi) is 2.35. The quantitative estimate of drug-likeness (QED) is 0.818. The number of aromatic amines is 1. The van der Waals surface area contributed by atoms with Crippen molar-refractivity contribution in [3.05, 3.63) is 6.33 Å². The third kappa shape index (κ3) is 1.60. The summed E-state index contributed by atoms with van der Waals surface area (Å²) in [4.78, 5) is 18.5. The van der Waals surface area contributed by atoms with Gasteiger partial charge in [0.15, 0.2) is 11.5 Å². The second-order valence-electron chi connectivity index (χ2n) is 4.41. The predicted octanol–water partition coefficient (Wildman–Crippen LogP) is 1.38. The van der Waals surface area contributed by atoms with Gasteiger partial charge in [0, 0.05) is 19.6 Å². The Morgan fingerprint density at radius 2 is 2.35 bits per heavy atom. The molecule has 6 heteroatoms. The van der Waals surface area contributed by atoms with Crippen LogP contribution in [0.2, 0.25) is 0 Å². The summed E-state index contributed by atoms with van der Waals surface area (Å²) in [5, 5.41) is 2.98. The van der Waals surface area contributed by atoms with Crippen molar-refractivity contribution in [3.63, 3.8) is 0 Å². The van der Waals surface area contributed by atoms with Crippen molar-refractivity contribution in [2.75, 3.05) is 23.8 Å². The van der Waals surface area contributed by atoms with Crippen molar-refractivity contribution < 1.29 is 0 Å². The van der Waals surface area contributed by atoms with E-state index >= 15 is 0 Å². The van der Waals surface area contributed by atoms with Crippen molar-refractivity contribution in [1.29, 1.82) is 0 Å². The van der Waals surface area contributed by atoms with Gasteiger partial charge in [0.2, 0.25) is 5.95 Å². The van der Waals surface area contributed by atoms with Crippen LogP contribution in [0.5, 0.6) is 0 Å². The summed E-state index contributed by atoms with van der Waals surface area (Å²) in [6.45, 7) is 3.28. The zero-order chi connectivity index (χ0) is 11.8. The highest BCUT2D eigenvalue weighted by molar-refractivity contribution is 5.84. The fraction of sp³-hybridized carbons (Fsp3) is 0.545. The molecule has 0 saturated carbocycles. The third-order valence-electron chi connectivity index (χ3n) is 3.32. The number of anilines is 2. The fourth-order valence-electron chi connectivity index (χ4n) is 2.39. The molecule has 90 valence electrons. The molecule has 2 aromatic heterocycles. The van der Waals surface area contributed by atoms with Crippen LogP contribution < -0.4 is 10.2 Å². The maximum atomic E-state index is 4.56. The maximum absolute atomic E-state index is 4.56. The number of rotatable bonds is 2. The van der Waals surface area contributed by atoms with Gasteiger partial charge >= 0.3 is 0 Å². The molecular weight excluding hydrogens is 216 g/mol. The molecule has 1 saturated heterocycles. The Bertz CT molecular complexity index is 534. The molecule has 0 bridgehead atoms. The highest BCUT2D eigenvalue weighted by Crippen LogP contribution is 2.28. The molecule has 6 nitrogen and oxygen atoms in total. The monoisotopic (exact) mass is 232 g/mol. The zero-order valence-corrected chi connectivity index (χ0v) is 10.1. The summed E-state index contributed by atoms with van der Waals surface area (Å²) in [5.41, 5.74) is 1.65. The second kappa shape index (κ2) is 3.87. The van der Waals surface area contributed by atoms with E-state index < -0.39 is 0 Å². The van der Waals surface area contributed by atoms with Crippen molar-refractivity contribution in [3.8, 4) is 0 Å². The smallest absolute Gasteiger partial charge is 0.226 e. The molecule has 1 unspecified atom stereocenters. The van der Waals surface area contributed by atoms with E-state index in [1.165, 1.54) is 12.8 Å². The summed E-state index contributed by atoms with van der Waals surface area (Å²) >= 11 is 0. The predicted molar refractivity (Wildman–Crippen MR) is 67.3 cm³/mol. The standard InChI is InChI=1S/C11H16N6/c1-7-4-3-5-17(7)10-8-9(14-6-13-8)15-11(12-2)16-10/h6-7H,3-5H2,1-2H3,(H2,12,13,14,15,16). The van der Waals surface area contributed by atoms with Gasteiger partial charge in [-0.1, -0.05) is 0 Å². The lowest BCUT2D eigenvalue weighted by Gasteiger charge is -2.23. The van der Waals surface area contributed by atoms with E-state index in [-0.39, 0.29) is 0 Å². The third-order valence-corrected chi connectivity index (χ3v) is 3.32. The highest BCUT2D eigenvalue weighted by atomic mass is 15.3. The van der Waals surface area contributed by atoms with Crippen LogP contribution in [0.25, 0.3) is 11.2 Å².